The maximum atomic E-state index is 12.0. The monoisotopic (exact) mass is 347 g/mol. The van der Waals surface area contributed by atoms with E-state index in [0.717, 1.165) is 44.8 Å². The summed E-state index contributed by atoms with van der Waals surface area (Å²) in [6, 6.07) is 0.356. The fraction of sp³-hybridized carbons (Fsp3) is 0.706. The molecule has 3 aliphatic rings. The van der Waals surface area contributed by atoms with Gasteiger partial charge in [0.05, 0.1) is 37.6 Å². The lowest BCUT2D eigenvalue weighted by Gasteiger charge is -2.40. The number of hydrogen-bond acceptors (Lipinski definition) is 5. The van der Waals surface area contributed by atoms with Gasteiger partial charge in [-0.25, -0.2) is 0 Å². The first-order chi connectivity index (χ1) is 12.2. The number of aromatic nitrogens is 2. The van der Waals surface area contributed by atoms with E-state index in [-0.39, 0.29) is 11.8 Å². The van der Waals surface area contributed by atoms with Crippen LogP contribution >= 0.6 is 0 Å². The second-order valence-electron chi connectivity index (χ2n) is 6.98. The van der Waals surface area contributed by atoms with Crippen LogP contribution in [0, 0.1) is 0 Å². The molecule has 0 spiro atoms. The van der Waals surface area contributed by atoms with E-state index in [1.54, 1.807) is 6.20 Å². The smallest absolute Gasteiger partial charge is 0.227 e. The second kappa shape index (κ2) is 7.13. The van der Waals surface area contributed by atoms with Crippen molar-refractivity contribution in [1.82, 2.24) is 19.6 Å². The Kier molecular flexibility index (Phi) is 4.72. The van der Waals surface area contributed by atoms with Crippen LogP contribution in [0.4, 0.5) is 5.69 Å². The highest BCUT2D eigenvalue weighted by Crippen LogP contribution is 2.25. The van der Waals surface area contributed by atoms with Crippen LogP contribution in [0.5, 0.6) is 0 Å². The quantitative estimate of drug-likeness (QED) is 0.756. The van der Waals surface area contributed by atoms with Crippen LogP contribution in [0.3, 0.4) is 0 Å². The molecule has 0 bridgehead atoms. The minimum atomic E-state index is 0.195. The molecule has 0 atom stereocenters. The minimum Gasteiger partial charge on any atom is -0.379 e. The summed E-state index contributed by atoms with van der Waals surface area (Å²) in [4.78, 5) is 29.8. The Morgan fingerprint density at radius 3 is 2.76 bits per heavy atom. The lowest BCUT2D eigenvalue weighted by Crippen LogP contribution is -2.51. The molecule has 4 rings (SSSR count). The van der Waals surface area contributed by atoms with E-state index in [9.17, 15) is 9.59 Å². The molecule has 1 aromatic heterocycles. The number of anilines is 1. The van der Waals surface area contributed by atoms with Gasteiger partial charge < -0.3 is 14.5 Å². The number of carbonyl (C=O) groups is 2. The SMILES string of the molecule is O=C1CCOCCN1CCN1CC(n2cc(N3CCCC3=O)cn2)C1. The van der Waals surface area contributed by atoms with E-state index >= 15 is 0 Å². The Morgan fingerprint density at radius 2 is 1.96 bits per heavy atom. The lowest BCUT2D eigenvalue weighted by atomic mass is 10.1. The third-order valence-corrected chi connectivity index (χ3v) is 5.29. The summed E-state index contributed by atoms with van der Waals surface area (Å²) in [6.07, 6.45) is 5.85. The van der Waals surface area contributed by atoms with Crippen molar-refractivity contribution in [2.75, 3.05) is 57.4 Å². The van der Waals surface area contributed by atoms with Gasteiger partial charge in [-0.1, -0.05) is 0 Å². The van der Waals surface area contributed by atoms with Crippen molar-refractivity contribution in [3.05, 3.63) is 12.4 Å². The molecule has 2 amide bonds. The first kappa shape index (κ1) is 16.5. The number of rotatable bonds is 5. The number of hydrogen-bond donors (Lipinski definition) is 0. The maximum Gasteiger partial charge on any atom is 0.227 e. The van der Waals surface area contributed by atoms with Crippen LogP contribution in [-0.4, -0.2) is 83.9 Å². The lowest BCUT2D eigenvalue weighted by molar-refractivity contribution is -0.130. The Bertz CT molecular complexity index is 640. The zero-order valence-corrected chi connectivity index (χ0v) is 14.5. The molecular formula is C17H25N5O3. The maximum absolute atomic E-state index is 12.0. The molecule has 0 aromatic carbocycles. The summed E-state index contributed by atoms with van der Waals surface area (Å²) in [5.41, 5.74) is 0.913. The number of carbonyl (C=O) groups excluding carboxylic acids is 2. The largest absolute Gasteiger partial charge is 0.379 e. The zero-order valence-electron chi connectivity index (χ0n) is 14.5. The van der Waals surface area contributed by atoms with Gasteiger partial charge in [-0.2, -0.15) is 5.10 Å². The van der Waals surface area contributed by atoms with Gasteiger partial charge in [0.2, 0.25) is 11.8 Å². The summed E-state index contributed by atoms with van der Waals surface area (Å²) in [6.45, 7) is 6.21. The normalized spacial score (nSPS) is 23.2. The van der Waals surface area contributed by atoms with E-state index in [4.69, 9.17) is 4.74 Å². The van der Waals surface area contributed by atoms with Crippen LogP contribution in [0.2, 0.25) is 0 Å². The first-order valence-electron chi connectivity index (χ1n) is 9.13. The molecule has 136 valence electrons. The molecular weight excluding hydrogens is 322 g/mol. The molecule has 0 N–H and O–H groups in total. The van der Waals surface area contributed by atoms with Gasteiger partial charge in [-0.15, -0.1) is 0 Å². The number of likely N-dealkylation sites (tertiary alicyclic amines) is 1. The number of ether oxygens (including phenoxy) is 1. The Labute approximate surface area is 147 Å². The van der Waals surface area contributed by atoms with Crippen molar-refractivity contribution in [2.45, 2.75) is 25.3 Å². The van der Waals surface area contributed by atoms with Gasteiger partial charge in [0.1, 0.15) is 0 Å². The molecule has 3 saturated heterocycles. The molecule has 3 fully saturated rings. The van der Waals surface area contributed by atoms with Crippen LogP contribution < -0.4 is 4.90 Å². The molecule has 1 aromatic rings. The van der Waals surface area contributed by atoms with E-state index in [2.05, 4.69) is 10.00 Å². The highest BCUT2D eigenvalue weighted by atomic mass is 16.5. The van der Waals surface area contributed by atoms with Crippen LogP contribution in [0.15, 0.2) is 12.4 Å². The molecule has 0 radical (unpaired) electrons. The fourth-order valence-electron chi connectivity index (χ4n) is 3.70. The van der Waals surface area contributed by atoms with Crippen molar-refractivity contribution in [2.24, 2.45) is 0 Å². The van der Waals surface area contributed by atoms with E-state index in [1.807, 2.05) is 20.7 Å². The average molecular weight is 347 g/mol. The van der Waals surface area contributed by atoms with Crippen LogP contribution in [-0.2, 0) is 14.3 Å². The fourth-order valence-corrected chi connectivity index (χ4v) is 3.70. The molecule has 3 aliphatic heterocycles. The van der Waals surface area contributed by atoms with E-state index < -0.39 is 0 Å². The highest BCUT2D eigenvalue weighted by Gasteiger charge is 2.30. The molecule has 4 heterocycles. The molecule has 0 saturated carbocycles. The zero-order chi connectivity index (χ0) is 17.2. The number of nitrogens with zero attached hydrogens (tertiary/aromatic N) is 5. The molecule has 0 aliphatic carbocycles. The van der Waals surface area contributed by atoms with Crippen molar-refractivity contribution in [1.29, 1.82) is 0 Å². The Hall–Kier alpha value is -1.93. The average Bonchev–Trinajstić information content (AvgIpc) is 3.14. The van der Waals surface area contributed by atoms with Gasteiger partial charge in [-0.3, -0.25) is 19.2 Å². The minimum absolute atomic E-state index is 0.195. The summed E-state index contributed by atoms with van der Waals surface area (Å²) in [5, 5.41) is 4.44. The van der Waals surface area contributed by atoms with Gasteiger partial charge in [0.25, 0.3) is 0 Å². The second-order valence-corrected chi connectivity index (χ2v) is 6.98. The first-order valence-corrected chi connectivity index (χ1v) is 9.13. The summed E-state index contributed by atoms with van der Waals surface area (Å²) < 4.78 is 7.33. The third-order valence-electron chi connectivity index (χ3n) is 5.29. The summed E-state index contributed by atoms with van der Waals surface area (Å²) >= 11 is 0. The van der Waals surface area contributed by atoms with Crippen molar-refractivity contribution in [3.8, 4) is 0 Å². The van der Waals surface area contributed by atoms with Crippen molar-refractivity contribution < 1.29 is 14.3 Å². The molecule has 8 heteroatoms. The standard InChI is InChI=1S/C17H25N5O3/c23-16-3-8-25-9-7-20(16)6-5-19-11-15(12-19)22-13-14(10-18-22)21-4-1-2-17(21)24/h10,13,15H,1-9,11-12H2. The van der Waals surface area contributed by atoms with E-state index in [1.165, 1.54) is 0 Å². The molecule has 25 heavy (non-hydrogen) atoms. The number of amides is 2. The van der Waals surface area contributed by atoms with E-state index in [0.29, 0.717) is 38.6 Å². The van der Waals surface area contributed by atoms with Gasteiger partial charge in [0.15, 0.2) is 0 Å². The van der Waals surface area contributed by atoms with Crippen LogP contribution in [0.25, 0.3) is 0 Å². The Balaban J connectivity index is 1.24. The molecule has 8 nitrogen and oxygen atoms in total. The Morgan fingerprint density at radius 1 is 1.08 bits per heavy atom. The predicted octanol–water partition coefficient (Wildman–Crippen LogP) is 0.116. The summed E-state index contributed by atoms with van der Waals surface area (Å²) in [7, 11) is 0. The summed E-state index contributed by atoms with van der Waals surface area (Å²) in [5.74, 6) is 0.391. The molecule has 0 unspecified atom stereocenters. The van der Waals surface area contributed by atoms with Gasteiger partial charge >= 0.3 is 0 Å². The van der Waals surface area contributed by atoms with Crippen molar-refractivity contribution in [3.63, 3.8) is 0 Å². The van der Waals surface area contributed by atoms with Crippen LogP contribution in [0.1, 0.15) is 25.3 Å². The topological polar surface area (TPSA) is 70.9 Å². The third kappa shape index (κ3) is 3.55. The highest BCUT2D eigenvalue weighted by molar-refractivity contribution is 5.95. The van der Waals surface area contributed by atoms with Gasteiger partial charge in [-0.05, 0) is 6.42 Å². The van der Waals surface area contributed by atoms with Crippen molar-refractivity contribution >= 4 is 17.5 Å². The van der Waals surface area contributed by atoms with Gasteiger partial charge in [0, 0.05) is 51.9 Å². The predicted molar refractivity (Wildman–Crippen MR) is 91.3 cm³/mol.